The van der Waals surface area contributed by atoms with Gasteiger partial charge in [-0.1, -0.05) is 91.0 Å². The summed E-state index contributed by atoms with van der Waals surface area (Å²) in [6, 6.07) is 42.1. The van der Waals surface area contributed by atoms with Crippen molar-refractivity contribution in [2.45, 2.75) is 0 Å². The number of imidazole rings is 1. The Morgan fingerprint density at radius 2 is 1.38 bits per heavy atom. The van der Waals surface area contributed by atoms with Crippen LogP contribution in [0.4, 0.5) is 0 Å². The van der Waals surface area contributed by atoms with Gasteiger partial charge in [-0.3, -0.25) is 9.38 Å². The van der Waals surface area contributed by atoms with E-state index in [1.807, 2.05) is 42.6 Å². The smallest absolute Gasteiger partial charge is 0.138 e. The molecule has 4 heteroatoms. The molecule has 8 rings (SSSR count). The van der Waals surface area contributed by atoms with Gasteiger partial charge in [0.25, 0.3) is 0 Å². The minimum absolute atomic E-state index is 0.846. The van der Waals surface area contributed by atoms with Crippen LogP contribution in [0.5, 0.6) is 0 Å². The molecule has 0 saturated carbocycles. The van der Waals surface area contributed by atoms with Crippen LogP contribution in [0.3, 0.4) is 0 Å². The highest BCUT2D eigenvalue weighted by Crippen LogP contribution is 2.40. The van der Waals surface area contributed by atoms with Crippen LogP contribution in [-0.4, -0.2) is 19.4 Å². The number of benzene rings is 4. The highest BCUT2D eigenvalue weighted by atomic mass is 15.0. The molecule has 39 heavy (non-hydrogen) atoms. The van der Waals surface area contributed by atoms with Gasteiger partial charge in [0, 0.05) is 39.7 Å². The molecule has 0 saturated heterocycles. The highest BCUT2D eigenvalue weighted by molar-refractivity contribution is 6.17. The number of pyridine rings is 3. The fourth-order valence-electron chi connectivity index (χ4n) is 5.69. The van der Waals surface area contributed by atoms with Gasteiger partial charge in [0.15, 0.2) is 0 Å². The zero-order chi connectivity index (χ0) is 25.8. The molecular formula is C35H22N4. The van der Waals surface area contributed by atoms with E-state index in [0.29, 0.717) is 0 Å². The van der Waals surface area contributed by atoms with E-state index < -0.39 is 0 Å². The monoisotopic (exact) mass is 498 g/mol. The van der Waals surface area contributed by atoms with Crippen LogP contribution in [-0.2, 0) is 0 Å². The summed E-state index contributed by atoms with van der Waals surface area (Å²) in [6.07, 6.45) is 3.87. The minimum atomic E-state index is 0.846. The summed E-state index contributed by atoms with van der Waals surface area (Å²) in [5.74, 6) is 0. The van der Waals surface area contributed by atoms with Gasteiger partial charge in [-0.05, 0) is 41.3 Å². The summed E-state index contributed by atoms with van der Waals surface area (Å²) in [5.41, 5.74) is 9.00. The molecule has 8 aromatic rings. The lowest BCUT2D eigenvalue weighted by atomic mass is 9.93. The summed E-state index contributed by atoms with van der Waals surface area (Å²) >= 11 is 0. The van der Waals surface area contributed by atoms with E-state index in [4.69, 9.17) is 9.97 Å². The number of rotatable bonds is 3. The number of nitrogens with zero attached hydrogens (tertiary/aromatic N) is 4. The molecule has 0 aliphatic rings. The van der Waals surface area contributed by atoms with Crippen molar-refractivity contribution < 1.29 is 0 Å². The third kappa shape index (κ3) is 3.42. The first kappa shape index (κ1) is 21.7. The normalized spacial score (nSPS) is 11.6. The zero-order valence-electron chi connectivity index (χ0n) is 21.0. The molecule has 4 nitrogen and oxygen atoms in total. The fourth-order valence-corrected chi connectivity index (χ4v) is 5.69. The average molecular weight is 499 g/mol. The third-order valence-corrected chi connectivity index (χ3v) is 7.44. The van der Waals surface area contributed by atoms with Gasteiger partial charge in [-0.25, -0.2) is 9.97 Å². The minimum Gasteiger partial charge on any atom is -0.299 e. The Bertz CT molecular complexity index is 2160. The maximum Gasteiger partial charge on any atom is 0.138 e. The Kier molecular flexibility index (Phi) is 4.79. The summed E-state index contributed by atoms with van der Waals surface area (Å²) < 4.78 is 2.14. The SMILES string of the molecule is c1ccc(-c2c3ccc(-c4c(-c5ccccn5)nc5ccccn45)cc3nc3c2ccc2ccccc23)cc1. The molecule has 0 bridgehead atoms. The van der Waals surface area contributed by atoms with Gasteiger partial charge in [-0.15, -0.1) is 0 Å². The molecule has 0 unspecified atom stereocenters. The second-order valence-electron chi connectivity index (χ2n) is 9.72. The summed E-state index contributed by atoms with van der Waals surface area (Å²) in [4.78, 5) is 14.9. The van der Waals surface area contributed by atoms with Crippen LogP contribution < -0.4 is 0 Å². The molecule has 0 aliphatic carbocycles. The first-order valence-corrected chi connectivity index (χ1v) is 13.0. The standard InChI is InChI=1S/C35H22N4/c1-2-11-24(12-3-1)32-27-18-17-25(22-30(27)37-33-26-13-5-4-10-23(26)16-19-28(32)33)35-34(29-14-6-8-20-36-29)38-31-15-7-9-21-39(31)35/h1-22H. The largest absolute Gasteiger partial charge is 0.299 e. The Morgan fingerprint density at radius 1 is 0.564 bits per heavy atom. The maximum atomic E-state index is 5.30. The topological polar surface area (TPSA) is 43.1 Å². The van der Waals surface area contributed by atoms with E-state index in [1.165, 1.54) is 16.5 Å². The molecule has 0 spiro atoms. The van der Waals surface area contributed by atoms with E-state index in [0.717, 1.165) is 55.5 Å². The van der Waals surface area contributed by atoms with E-state index in [2.05, 4.69) is 101 Å². The Morgan fingerprint density at radius 3 is 2.28 bits per heavy atom. The zero-order valence-corrected chi connectivity index (χ0v) is 21.0. The summed E-state index contributed by atoms with van der Waals surface area (Å²) in [5, 5.41) is 4.62. The number of fused-ring (bicyclic) bond motifs is 5. The van der Waals surface area contributed by atoms with E-state index in [-0.39, 0.29) is 0 Å². The first-order valence-electron chi connectivity index (χ1n) is 13.0. The van der Waals surface area contributed by atoms with Crippen molar-refractivity contribution in [1.29, 1.82) is 0 Å². The lowest BCUT2D eigenvalue weighted by molar-refractivity contribution is 1.19. The average Bonchev–Trinajstić information content (AvgIpc) is 3.40. The first-order chi connectivity index (χ1) is 19.3. The Labute approximate surface area is 224 Å². The highest BCUT2D eigenvalue weighted by Gasteiger charge is 2.19. The third-order valence-electron chi connectivity index (χ3n) is 7.44. The van der Waals surface area contributed by atoms with Crippen molar-refractivity contribution in [2.24, 2.45) is 0 Å². The predicted molar refractivity (Wildman–Crippen MR) is 160 cm³/mol. The van der Waals surface area contributed by atoms with Gasteiger partial charge < -0.3 is 0 Å². The quantitative estimate of drug-likeness (QED) is 0.181. The van der Waals surface area contributed by atoms with Crippen LogP contribution in [0.2, 0.25) is 0 Å². The van der Waals surface area contributed by atoms with Crippen molar-refractivity contribution in [2.75, 3.05) is 0 Å². The number of hydrogen-bond donors (Lipinski definition) is 0. The molecule has 4 heterocycles. The van der Waals surface area contributed by atoms with Crippen LogP contribution >= 0.6 is 0 Å². The molecule has 4 aromatic heterocycles. The van der Waals surface area contributed by atoms with Crippen molar-refractivity contribution in [3.63, 3.8) is 0 Å². The van der Waals surface area contributed by atoms with Crippen molar-refractivity contribution in [3.05, 3.63) is 134 Å². The van der Waals surface area contributed by atoms with E-state index in [9.17, 15) is 0 Å². The lowest BCUT2D eigenvalue weighted by Crippen LogP contribution is -1.94. The molecule has 0 atom stereocenters. The molecule has 4 aromatic carbocycles. The predicted octanol–water partition coefficient (Wildman–Crippen LogP) is 8.58. The summed E-state index contributed by atoms with van der Waals surface area (Å²) in [6.45, 7) is 0. The Balaban J connectivity index is 1.48. The maximum absolute atomic E-state index is 5.30. The van der Waals surface area contributed by atoms with Crippen molar-refractivity contribution in [3.8, 4) is 33.8 Å². The second kappa shape index (κ2) is 8.61. The van der Waals surface area contributed by atoms with Gasteiger partial charge in [-0.2, -0.15) is 0 Å². The van der Waals surface area contributed by atoms with E-state index in [1.54, 1.807) is 0 Å². The molecule has 0 N–H and O–H groups in total. The summed E-state index contributed by atoms with van der Waals surface area (Å²) in [7, 11) is 0. The number of hydrogen-bond acceptors (Lipinski definition) is 3. The van der Waals surface area contributed by atoms with Crippen LogP contribution in [0.25, 0.3) is 72.0 Å². The molecule has 0 fully saturated rings. The van der Waals surface area contributed by atoms with Gasteiger partial charge in [0.2, 0.25) is 0 Å². The van der Waals surface area contributed by atoms with E-state index >= 15 is 0 Å². The van der Waals surface area contributed by atoms with Gasteiger partial charge in [0.1, 0.15) is 11.3 Å². The van der Waals surface area contributed by atoms with Crippen LogP contribution in [0, 0.1) is 0 Å². The Hall–Kier alpha value is -5.35. The lowest BCUT2D eigenvalue weighted by Gasteiger charge is -2.14. The van der Waals surface area contributed by atoms with Crippen LogP contribution in [0.1, 0.15) is 0 Å². The van der Waals surface area contributed by atoms with Crippen LogP contribution in [0.15, 0.2) is 134 Å². The molecule has 0 amide bonds. The van der Waals surface area contributed by atoms with Gasteiger partial charge in [0.05, 0.1) is 22.4 Å². The molecule has 0 radical (unpaired) electrons. The molecule has 182 valence electrons. The second-order valence-corrected chi connectivity index (χ2v) is 9.72. The van der Waals surface area contributed by atoms with Crippen molar-refractivity contribution >= 4 is 38.2 Å². The molecular weight excluding hydrogens is 476 g/mol. The molecule has 0 aliphatic heterocycles. The van der Waals surface area contributed by atoms with Crippen molar-refractivity contribution in [1.82, 2.24) is 19.4 Å². The fraction of sp³-hybridized carbons (Fsp3) is 0. The van der Waals surface area contributed by atoms with Gasteiger partial charge >= 0.3 is 0 Å². The number of aromatic nitrogens is 4.